The van der Waals surface area contributed by atoms with Crippen molar-refractivity contribution in [2.24, 2.45) is 0 Å². The van der Waals surface area contributed by atoms with E-state index in [2.05, 4.69) is 31.2 Å². The molecule has 0 atom stereocenters. The summed E-state index contributed by atoms with van der Waals surface area (Å²) in [7, 11) is 0. The van der Waals surface area contributed by atoms with Gasteiger partial charge in [-0.1, -0.05) is 23.7 Å². The Kier molecular flexibility index (Phi) is 4.45. The number of nitrogens with one attached hydrogen (secondary N) is 1. The molecule has 0 saturated heterocycles. The number of pyridine rings is 2. The molecule has 7 heteroatoms. The Morgan fingerprint density at radius 1 is 1.26 bits per heavy atom. The molecule has 0 aliphatic heterocycles. The lowest BCUT2D eigenvalue weighted by Crippen LogP contribution is -2.24. The van der Waals surface area contributed by atoms with E-state index in [1.165, 1.54) is 0 Å². The number of rotatable bonds is 3. The van der Waals surface area contributed by atoms with E-state index >= 15 is 0 Å². The summed E-state index contributed by atoms with van der Waals surface area (Å²) >= 11 is 9.12. The molecule has 0 fully saturated rings. The van der Waals surface area contributed by atoms with Gasteiger partial charge in [-0.15, -0.1) is 0 Å². The molecule has 2 N–H and O–H groups in total. The molecule has 116 valence electrons. The zero-order chi connectivity index (χ0) is 16.4. The predicted molar refractivity (Wildman–Crippen MR) is 91.5 cm³/mol. The lowest BCUT2D eigenvalue weighted by molar-refractivity contribution is 0.0943. The SMILES string of the molecule is O=C(NCc1ccc(Cl)cc1)c1nc(Br)c2cccnc2c1O. The molecule has 0 saturated carbocycles. The molecule has 5 nitrogen and oxygen atoms in total. The number of amides is 1. The van der Waals surface area contributed by atoms with Gasteiger partial charge in [-0.2, -0.15) is 0 Å². The number of aromatic nitrogens is 2. The van der Waals surface area contributed by atoms with E-state index in [1.807, 2.05) is 12.1 Å². The molecule has 0 unspecified atom stereocenters. The number of carbonyl (C=O) groups excluding carboxylic acids is 1. The van der Waals surface area contributed by atoms with Crippen LogP contribution in [0.1, 0.15) is 16.1 Å². The van der Waals surface area contributed by atoms with Gasteiger partial charge in [0.05, 0.1) is 0 Å². The second-order valence-corrected chi connectivity index (χ2v) is 6.00. The number of halogens is 2. The lowest BCUT2D eigenvalue weighted by Gasteiger charge is -2.09. The van der Waals surface area contributed by atoms with Crippen molar-refractivity contribution in [1.82, 2.24) is 15.3 Å². The molecule has 2 heterocycles. The van der Waals surface area contributed by atoms with Crippen molar-refractivity contribution in [1.29, 1.82) is 0 Å². The highest BCUT2D eigenvalue weighted by molar-refractivity contribution is 9.10. The first kappa shape index (κ1) is 15.7. The summed E-state index contributed by atoms with van der Waals surface area (Å²) in [6, 6.07) is 10.6. The van der Waals surface area contributed by atoms with Crippen LogP contribution in [-0.2, 0) is 6.54 Å². The summed E-state index contributed by atoms with van der Waals surface area (Å²) in [5.41, 5.74) is 1.14. The highest BCUT2D eigenvalue weighted by Crippen LogP contribution is 2.30. The van der Waals surface area contributed by atoms with Gasteiger partial charge in [0.1, 0.15) is 10.1 Å². The number of hydrogen-bond acceptors (Lipinski definition) is 4. The molecule has 0 radical (unpaired) electrons. The van der Waals surface area contributed by atoms with Crippen molar-refractivity contribution in [3.63, 3.8) is 0 Å². The first-order valence-corrected chi connectivity index (χ1v) is 7.89. The molecule has 0 aliphatic rings. The zero-order valence-corrected chi connectivity index (χ0v) is 14.1. The first-order chi connectivity index (χ1) is 11.1. The third-order valence-electron chi connectivity index (χ3n) is 3.27. The number of aromatic hydroxyl groups is 1. The minimum atomic E-state index is -0.481. The van der Waals surface area contributed by atoms with Gasteiger partial charge in [0, 0.05) is 23.2 Å². The third kappa shape index (κ3) is 3.28. The van der Waals surface area contributed by atoms with Crippen LogP contribution in [0.2, 0.25) is 5.02 Å². The van der Waals surface area contributed by atoms with Gasteiger partial charge >= 0.3 is 0 Å². The fourth-order valence-electron chi connectivity index (χ4n) is 2.11. The Hall–Kier alpha value is -2.18. The Labute approximate surface area is 145 Å². The van der Waals surface area contributed by atoms with E-state index in [9.17, 15) is 9.90 Å². The van der Waals surface area contributed by atoms with Gasteiger partial charge < -0.3 is 10.4 Å². The van der Waals surface area contributed by atoms with E-state index in [-0.39, 0.29) is 11.4 Å². The van der Waals surface area contributed by atoms with Crippen LogP contribution in [0.5, 0.6) is 5.75 Å². The number of benzene rings is 1. The van der Waals surface area contributed by atoms with Crippen LogP contribution in [-0.4, -0.2) is 21.0 Å². The van der Waals surface area contributed by atoms with Crippen LogP contribution >= 0.6 is 27.5 Å². The molecule has 3 rings (SSSR count). The van der Waals surface area contributed by atoms with Gasteiger partial charge in [0.2, 0.25) is 0 Å². The van der Waals surface area contributed by atoms with E-state index in [4.69, 9.17) is 11.6 Å². The molecule has 3 aromatic rings. The van der Waals surface area contributed by atoms with Crippen LogP contribution in [0.25, 0.3) is 10.9 Å². The van der Waals surface area contributed by atoms with Crippen LogP contribution in [0, 0.1) is 0 Å². The van der Waals surface area contributed by atoms with Gasteiger partial charge in [-0.05, 0) is 45.8 Å². The largest absolute Gasteiger partial charge is 0.504 e. The zero-order valence-electron chi connectivity index (χ0n) is 11.8. The highest BCUT2D eigenvalue weighted by Gasteiger charge is 2.18. The van der Waals surface area contributed by atoms with Gasteiger partial charge in [0.15, 0.2) is 11.4 Å². The molecule has 0 aliphatic carbocycles. The molecular weight excluding hydrogens is 382 g/mol. The van der Waals surface area contributed by atoms with Crippen molar-refractivity contribution in [3.8, 4) is 5.75 Å². The Morgan fingerprint density at radius 2 is 2.00 bits per heavy atom. The molecule has 1 aromatic carbocycles. The monoisotopic (exact) mass is 391 g/mol. The Bertz CT molecular complexity index is 884. The van der Waals surface area contributed by atoms with E-state index in [1.54, 1.807) is 30.5 Å². The second-order valence-electron chi connectivity index (χ2n) is 4.81. The molecule has 2 aromatic heterocycles. The number of nitrogens with zero attached hydrogens (tertiary/aromatic N) is 2. The Morgan fingerprint density at radius 3 is 2.74 bits per heavy atom. The maximum Gasteiger partial charge on any atom is 0.274 e. The van der Waals surface area contributed by atoms with Crippen molar-refractivity contribution in [2.45, 2.75) is 6.54 Å². The second kappa shape index (κ2) is 6.52. The summed E-state index contributed by atoms with van der Waals surface area (Å²) in [6.45, 7) is 0.301. The average molecular weight is 393 g/mol. The smallest absolute Gasteiger partial charge is 0.274 e. The maximum atomic E-state index is 12.3. The van der Waals surface area contributed by atoms with Gasteiger partial charge in [-0.25, -0.2) is 4.98 Å². The van der Waals surface area contributed by atoms with Crippen LogP contribution in [0.3, 0.4) is 0 Å². The van der Waals surface area contributed by atoms with Gasteiger partial charge in [0.25, 0.3) is 5.91 Å². The number of hydrogen-bond donors (Lipinski definition) is 2. The average Bonchev–Trinajstić information content (AvgIpc) is 2.57. The molecular formula is C16H11BrClN3O2. The van der Waals surface area contributed by atoms with Crippen molar-refractivity contribution in [3.05, 3.63) is 63.5 Å². The third-order valence-corrected chi connectivity index (χ3v) is 4.13. The summed E-state index contributed by atoms with van der Waals surface area (Å²) in [5, 5.41) is 14.2. The summed E-state index contributed by atoms with van der Waals surface area (Å²) in [4.78, 5) is 20.5. The lowest BCUT2D eigenvalue weighted by atomic mass is 10.2. The van der Waals surface area contributed by atoms with Crippen LogP contribution < -0.4 is 5.32 Å². The van der Waals surface area contributed by atoms with Gasteiger partial charge in [-0.3, -0.25) is 9.78 Å². The van der Waals surface area contributed by atoms with E-state index < -0.39 is 5.91 Å². The van der Waals surface area contributed by atoms with Crippen LogP contribution in [0.15, 0.2) is 47.2 Å². The standard InChI is InChI=1S/C16H11BrClN3O2/c17-15-11-2-1-7-19-12(11)14(22)13(21-15)16(23)20-8-9-3-5-10(18)6-4-9/h1-7,22H,8H2,(H,20,23). The number of carbonyl (C=O) groups is 1. The van der Waals surface area contributed by atoms with Crippen molar-refractivity contribution in [2.75, 3.05) is 0 Å². The minimum Gasteiger partial charge on any atom is -0.504 e. The van der Waals surface area contributed by atoms with Crippen molar-refractivity contribution >= 4 is 44.3 Å². The minimum absolute atomic E-state index is 0.0722. The first-order valence-electron chi connectivity index (χ1n) is 6.72. The van der Waals surface area contributed by atoms with Crippen LogP contribution in [0.4, 0.5) is 0 Å². The summed E-state index contributed by atoms with van der Waals surface area (Å²) < 4.78 is 0.454. The Balaban J connectivity index is 1.86. The summed E-state index contributed by atoms with van der Waals surface area (Å²) in [6.07, 6.45) is 1.55. The van der Waals surface area contributed by atoms with E-state index in [0.29, 0.717) is 27.1 Å². The number of fused-ring (bicyclic) bond motifs is 1. The molecule has 1 amide bonds. The quantitative estimate of drug-likeness (QED) is 0.667. The maximum absolute atomic E-state index is 12.3. The van der Waals surface area contributed by atoms with E-state index in [0.717, 1.165) is 5.56 Å². The fraction of sp³-hybridized carbons (Fsp3) is 0.0625. The molecule has 23 heavy (non-hydrogen) atoms. The summed E-state index contributed by atoms with van der Waals surface area (Å²) in [5.74, 6) is -0.719. The topological polar surface area (TPSA) is 75.1 Å². The molecule has 0 spiro atoms. The fourth-order valence-corrected chi connectivity index (χ4v) is 2.73. The van der Waals surface area contributed by atoms with Crippen molar-refractivity contribution < 1.29 is 9.90 Å². The molecule has 0 bridgehead atoms. The predicted octanol–water partition coefficient (Wildman–Crippen LogP) is 3.68. The normalized spacial score (nSPS) is 10.7. The highest BCUT2D eigenvalue weighted by atomic mass is 79.9.